The maximum atomic E-state index is 10.3. The number of hydrogen-bond acceptors (Lipinski definition) is 1. The zero-order valence-electron chi connectivity index (χ0n) is 11.8. The minimum atomic E-state index is 0.870. The Labute approximate surface area is 106 Å². The zero-order valence-corrected chi connectivity index (χ0v) is 11.8. The van der Waals surface area contributed by atoms with Crippen LogP contribution in [0, 0.1) is 0 Å². The van der Waals surface area contributed by atoms with Crippen LogP contribution in [0.25, 0.3) is 0 Å². The highest BCUT2D eigenvalue weighted by Crippen LogP contribution is 2.14. The molecule has 0 N–H and O–H groups in total. The van der Waals surface area contributed by atoms with Crippen LogP contribution in [-0.2, 0) is 4.79 Å². The molecule has 0 saturated carbocycles. The van der Waals surface area contributed by atoms with Crippen LogP contribution >= 0.6 is 0 Å². The van der Waals surface area contributed by atoms with E-state index in [-0.39, 0.29) is 0 Å². The van der Waals surface area contributed by atoms with Crippen molar-refractivity contribution in [2.75, 3.05) is 0 Å². The highest BCUT2D eigenvalue weighted by molar-refractivity contribution is 5.65. The van der Waals surface area contributed by atoms with Crippen LogP contribution in [-0.4, -0.2) is 6.29 Å². The maximum absolute atomic E-state index is 10.3. The van der Waals surface area contributed by atoms with Crippen LogP contribution in [0.5, 0.6) is 0 Å². The van der Waals surface area contributed by atoms with Gasteiger partial charge >= 0.3 is 0 Å². The highest BCUT2D eigenvalue weighted by Gasteiger charge is 1.94. The first-order valence-corrected chi connectivity index (χ1v) is 6.52. The summed E-state index contributed by atoms with van der Waals surface area (Å²) in [5.41, 5.74) is 4.09. The minimum Gasteiger partial charge on any atom is -0.299 e. The lowest BCUT2D eigenvalue weighted by molar-refractivity contribution is -0.104. The van der Waals surface area contributed by atoms with Crippen LogP contribution in [0.4, 0.5) is 0 Å². The van der Waals surface area contributed by atoms with Crippen LogP contribution < -0.4 is 0 Å². The Balaban J connectivity index is 4.05. The largest absolute Gasteiger partial charge is 0.299 e. The molecule has 17 heavy (non-hydrogen) atoms. The normalized spacial score (nSPS) is 12.5. The number of aldehydes is 1. The molecule has 0 aliphatic heterocycles. The number of hydrogen-bond donors (Lipinski definition) is 0. The summed E-state index contributed by atoms with van der Waals surface area (Å²) in [5, 5.41) is 0. The molecule has 0 radical (unpaired) electrons. The Morgan fingerprint density at radius 1 is 1.00 bits per heavy atom. The van der Waals surface area contributed by atoms with Crippen LogP contribution in [0.15, 0.2) is 34.9 Å². The molecule has 0 aliphatic carbocycles. The van der Waals surface area contributed by atoms with Gasteiger partial charge in [-0.3, -0.25) is 4.79 Å². The topological polar surface area (TPSA) is 17.1 Å². The summed E-state index contributed by atoms with van der Waals surface area (Å²) in [6.45, 7) is 8.51. The van der Waals surface area contributed by atoms with Crippen molar-refractivity contribution in [2.24, 2.45) is 0 Å². The summed E-state index contributed by atoms with van der Waals surface area (Å²) in [6.07, 6.45) is 12.6. The Morgan fingerprint density at radius 2 is 1.65 bits per heavy atom. The lowest BCUT2D eigenvalue weighted by Gasteiger charge is -2.03. The van der Waals surface area contributed by atoms with Crippen molar-refractivity contribution in [1.29, 1.82) is 0 Å². The first kappa shape index (κ1) is 15.9. The Morgan fingerprint density at radius 3 is 2.18 bits per heavy atom. The van der Waals surface area contributed by atoms with Gasteiger partial charge in [0.25, 0.3) is 0 Å². The van der Waals surface area contributed by atoms with Crippen molar-refractivity contribution in [3.05, 3.63) is 34.9 Å². The molecule has 0 aromatic carbocycles. The average Bonchev–Trinajstić information content (AvgIpc) is 2.27. The van der Waals surface area contributed by atoms with Gasteiger partial charge in [-0.05, 0) is 59.0 Å². The molecule has 0 aliphatic rings. The molecule has 0 atom stereocenters. The quantitative estimate of drug-likeness (QED) is 0.328. The van der Waals surface area contributed by atoms with Gasteiger partial charge in [-0.25, -0.2) is 0 Å². The van der Waals surface area contributed by atoms with Gasteiger partial charge in [0, 0.05) is 0 Å². The lowest BCUT2D eigenvalue weighted by atomic mass is 10.0. The van der Waals surface area contributed by atoms with E-state index in [2.05, 4.69) is 32.9 Å². The summed E-state index contributed by atoms with van der Waals surface area (Å²) < 4.78 is 0. The molecular formula is C16H26O. The van der Waals surface area contributed by atoms with Gasteiger partial charge in [0.05, 0.1) is 0 Å². The molecule has 0 fully saturated rings. The first-order chi connectivity index (χ1) is 8.10. The van der Waals surface area contributed by atoms with Gasteiger partial charge < -0.3 is 0 Å². The molecule has 0 unspecified atom stereocenters. The van der Waals surface area contributed by atoms with Gasteiger partial charge in [-0.15, -0.1) is 0 Å². The summed E-state index contributed by atoms with van der Waals surface area (Å²) in [7, 11) is 0. The van der Waals surface area contributed by atoms with E-state index < -0.39 is 0 Å². The summed E-state index contributed by atoms with van der Waals surface area (Å²) in [4.78, 5) is 10.3. The third-order valence-corrected chi connectivity index (χ3v) is 2.80. The first-order valence-electron chi connectivity index (χ1n) is 6.52. The van der Waals surface area contributed by atoms with E-state index in [1.54, 1.807) is 6.08 Å². The number of rotatable bonds is 8. The van der Waals surface area contributed by atoms with Gasteiger partial charge in [-0.1, -0.05) is 35.8 Å². The standard InChI is InChI=1S/C16H26O/c1-5-16(10-6-8-14(2)3)11-7-9-15(4)12-13-17/h8,11-13H,5-7,9-10H2,1-4H3. The molecule has 0 bridgehead atoms. The van der Waals surface area contributed by atoms with Crippen LogP contribution in [0.1, 0.15) is 59.8 Å². The van der Waals surface area contributed by atoms with Crippen molar-refractivity contribution in [3.8, 4) is 0 Å². The molecule has 1 heteroatoms. The van der Waals surface area contributed by atoms with E-state index in [1.807, 2.05) is 6.92 Å². The molecule has 0 heterocycles. The Bertz CT molecular complexity index is 301. The number of carbonyl (C=O) groups is 1. The molecule has 0 aromatic rings. The highest BCUT2D eigenvalue weighted by atomic mass is 16.1. The van der Waals surface area contributed by atoms with E-state index in [4.69, 9.17) is 0 Å². The SMILES string of the molecule is CCC(=CCCC(C)=CC=O)CCC=C(C)C. The summed E-state index contributed by atoms with van der Waals surface area (Å²) in [6, 6.07) is 0. The van der Waals surface area contributed by atoms with Gasteiger partial charge in [0.2, 0.25) is 0 Å². The monoisotopic (exact) mass is 234 g/mol. The molecule has 0 amide bonds. The number of allylic oxidation sites excluding steroid dienone is 6. The van der Waals surface area contributed by atoms with E-state index in [0.29, 0.717) is 0 Å². The third kappa shape index (κ3) is 9.80. The fourth-order valence-electron chi connectivity index (χ4n) is 1.67. The van der Waals surface area contributed by atoms with Crippen molar-refractivity contribution in [3.63, 3.8) is 0 Å². The van der Waals surface area contributed by atoms with E-state index in [1.165, 1.54) is 11.1 Å². The van der Waals surface area contributed by atoms with Gasteiger partial charge in [0.15, 0.2) is 0 Å². The van der Waals surface area contributed by atoms with E-state index >= 15 is 0 Å². The van der Waals surface area contributed by atoms with Crippen LogP contribution in [0.3, 0.4) is 0 Å². The molecule has 1 nitrogen and oxygen atoms in total. The van der Waals surface area contributed by atoms with E-state index in [9.17, 15) is 4.79 Å². The summed E-state index contributed by atoms with van der Waals surface area (Å²) in [5.74, 6) is 0. The van der Waals surface area contributed by atoms with E-state index in [0.717, 1.165) is 44.0 Å². The second-order valence-corrected chi connectivity index (χ2v) is 4.72. The molecular weight excluding hydrogens is 208 g/mol. The molecule has 0 saturated heterocycles. The molecule has 0 rings (SSSR count). The second kappa shape index (κ2) is 10.1. The lowest BCUT2D eigenvalue weighted by Crippen LogP contribution is -1.84. The minimum absolute atomic E-state index is 0.870. The summed E-state index contributed by atoms with van der Waals surface area (Å²) >= 11 is 0. The average molecular weight is 234 g/mol. The van der Waals surface area contributed by atoms with Crippen molar-refractivity contribution in [1.82, 2.24) is 0 Å². The Hall–Kier alpha value is -1.11. The molecule has 0 spiro atoms. The maximum Gasteiger partial charge on any atom is 0.142 e. The third-order valence-electron chi connectivity index (χ3n) is 2.80. The van der Waals surface area contributed by atoms with Gasteiger partial charge in [0.1, 0.15) is 6.29 Å². The fourth-order valence-corrected chi connectivity index (χ4v) is 1.67. The smallest absolute Gasteiger partial charge is 0.142 e. The second-order valence-electron chi connectivity index (χ2n) is 4.72. The number of carbonyl (C=O) groups excluding carboxylic acids is 1. The zero-order chi connectivity index (χ0) is 13.1. The Kier molecular flexibility index (Phi) is 9.41. The predicted molar refractivity (Wildman–Crippen MR) is 76.1 cm³/mol. The van der Waals surface area contributed by atoms with Crippen molar-refractivity contribution < 1.29 is 4.79 Å². The molecule has 96 valence electrons. The van der Waals surface area contributed by atoms with Crippen molar-refractivity contribution in [2.45, 2.75) is 59.8 Å². The predicted octanol–water partition coefficient (Wildman–Crippen LogP) is 4.99. The van der Waals surface area contributed by atoms with Crippen LogP contribution in [0.2, 0.25) is 0 Å². The molecule has 0 aromatic heterocycles. The fraction of sp³-hybridized carbons (Fsp3) is 0.562. The van der Waals surface area contributed by atoms with Gasteiger partial charge in [-0.2, -0.15) is 0 Å². The van der Waals surface area contributed by atoms with Crippen molar-refractivity contribution >= 4 is 6.29 Å².